The summed E-state index contributed by atoms with van der Waals surface area (Å²) in [6.45, 7) is 0.491. The van der Waals surface area contributed by atoms with Gasteiger partial charge in [-0.15, -0.1) is 0 Å². The average molecular weight is 285 g/mol. The number of benzene rings is 1. The molecule has 0 fully saturated rings. The number of aromatic carboxylic acids is 1. The SMILES string of the molecule is O=C(NCCc1cccnc1)Nc1ccc(C(=O)O)cc1. The van der Waals surface area contributed by atoms with Crippen LogP contribution in [0.4, 0.5) is 10.5 Å². The number of nitrogens with one attached hydrogen (secondary N) is 2. The minimum absolute atomic E-state index is 0.178. The third kappa shape index (κ3) is 4.61. The first-order valence-electron chi connectivity index (χ1n) is 6.42. The lowest BCUT2D eigenvalue weighted by Crippen LogP contribution is -2.30. The van der Waals surface area contributed by atoms with Crippen LogP contribution < -0.4 is 10.6 Å². The van der Waals surface area contributed by atoms with Crippen molar-refractivity contribution < 1.29 is 14.7 Å². The summed E-state index contributed by atoms with van der Waals surface area (Å²) in [7, 11) is 0. The number of carboxylic acid groups (broad SMARTS) is 1. The number of carbonyl (C=O) groups is 2. The van der Waals surface area contributed by atoms with Gasteiger partial charge in [-0.05, 0) is 42.3 Å². The number of hydrogen-bond acceptors (Lipinski definition) is 3. The summed E-state index contributed by atoms with van der Waals surface area (Å²) >= 11 is 0. The maximum absolute atomic E-state index is 11.7. The van der Waals surface area contributed by atoms with Gasteiger partial charge in [0.05, 0.1) is 5.56 Å². The summed E-state index contributed by atoms with van der Waals surface area (Å²) in [6.07, 6.45) is 4.15. The Labute approximate surface area is 121 Å². The summed E-state index contributed by atoms with van der Waals surface area (Å²) in [4.78, 5) is 26.4. The van der Waals surface area contributed by atoms with Crippen LogP contribution in [0, 0.1) is 0 Å². The molecule has 0 spiro atoms. The first-order valence-corrected chi connectivity index (χ1v) is 6.42. The molecule has 0 aliphatic rings. The average Bonchev–Trinajstić information content (AvgIpc) is 2.49. The van der Waals surface area contributed by atoms with E-state index in [1.807, 2.05) is 12.1 Å². The van der Waals surface area contributed by atoms with Crippen molar-refractivity contribution in [3.63, 3.8) is 0 Å². The van der Waals surface area contributed by atoms with Crippen LogP contribution in [0.3, 0.4) is 0 Å². The van der Waals surface area contributed by atoms with Crippen LogP contribution in [-0.4, -0.2) is 28.6 Å². The summed E-state index contributed by atoms with van der Waals surface area (Å²) in [5.41, 5.74) is 1.76. The molecule has 2 rings (SSSR count). The van der Waals surface area contributed by atoms with E-state index in [2.05, 4.69) is 15.6 Å². The lowest BCUT2D eigenvalue weighted by molar-refractivity contribution is 0.0697. The highest BCUT2D eigenvalue weighted by molar-refractivity contribution is 5.91. The molecular formula is C15H15N3O3. The summed E-state index contributed by atoms with van der Waals surface area (Å²) in [6, 6.07) is 9.42. The quantitative estimate of drug-likeness (QED) is 0.785. The van der Waals surface area contributed by atoms with Gasteiger partial charge >= 0.3 is 12.0 Å². The molecular weight excluding hydrogens is 270 g/mol. The van der Waals surface area contributed by atoms with Gasteiger partial charge in [0.25, 0.3) is 0 Å². The molecule has 1 aromatic heterocycles. The minimum atomic E-state index is -0.998. The monoisotopic (exact) mass is 285 g/mol. The Morgan fingerprint density at radius 1 is 1.14 bits per heavy atom. The number of nitrogens with zero attached hydrogens (tertiary/aromatic N) is 1. The Balaban J connectivity index is 1.78. The van der Waals surface area contributed by atoms with Gasteiger partial charge in [0.1, 0.15) is 0 Å². The Bertz CT molecular complexity index is 612. The maximum Gasteiger partial charge on any atom is 0.335 e. The predicted molar refractivity (Wildman–Crippen MR) is 78.4 cm³/mol. The van der Waals surface area contributed by atoms with Crippen molar-refractivity contribution in [2.45, 2.75) is 6.42 Å². The van der Waals surface area contributed by atoms with Crippen molar-refractivity contribution in [3.05, 3.63) is 59.9 Å². The lowest BCUT2D eigenvalue weighted by atomic mass is 10.2. The molecule has 108 valence electrons. The zero-order chi connectivity index (χ0) is 15.1. The molecule has 0 aliphatic carbocycles. The number of urea groups is 1. The van der Waals surface area contributed by atoms with Crippen molar-refractivity contribution in [1.29, 1.82) is 0 Å². The fraction of sp³-hybridized carbons (Fsp3) is 0.133. The molecule has 3 N–H and O–H groups in total. The standard InChI is InChI=1S/C15H15N3O3/c19-14(20)12-3-5-13(6-4-12)18-15(21)17-9-7-11-2-1-8-16-10-11/h1-6,8,10H,7,9H2,(H,19,20)(H2,17,18,21). The largest absolute Gasteiger partial charge is 0.478 e. The van der Waals surface area contributed by atoms with Crippen molar-refractivity contribution >= 4 is 17.7 Å². The van der Waals surface area contributed by atoms with Crippen molar-refractivity contribution in [2.75, 3.05) is 11.9 Å². The number of aromatic nitrogens is 1. The molecule has 6 heteroatoms. The van der Waals surface area contributed by atoms with E-state index in [0.29, 0.717) is 18.7 Å². The highest BCUT2D eigenvalue weighted by atomic mass is 16.4. The van der Waals surface area contributed by atoms with Crippen LogP contribution in [0.1, 0.15) is 15.9 Å². The van der Waals surface area contributed by atoms with E-state index in [1.54, 1.807) is 24.5 Å². The number of carboxylic acids is 1. The third-order valence-electron chi connectivity index (χ3n) is 2.81. The molecule has 1 heterocycles. The van der Waals surface area contributed by atoms with E-state index in [4.69, 9.17) is 5.11 Å². The van der Waals surface area contributed by atoms with Crippen LogP contribution >= 0.6 is 0 Å². The highest BCUT2D eigenvalue weighted by Gasteiger charge is 2.04. The zero-order valence-corrected chi connectivity index (χ0v) is 11.2. The van der Waals surface area contributed by atoms with Crippen molar-refractivity contribution in [1.82, 2.24) is 10.3 Å². The first kappa shape index (κ1) is 14.5. The van der Waals surface area contributed by atoms with Crippen LogP contribution in [-0.2, 0) is 6.42 Å². The number of anilines is 1. The molecule has 6 nitrogen and oxygen atoms in total. The van der Waals surface area contributed by atoms with Crippen LogP contribution in [0.15, 0.2) is 48.8 Å². The number of hydrogen-bond donors (Lipinski definition) is 3. The molecule has 0 aliphatic heterocycles. The number of amides is 2. The zero-order valence-electron chi connectivity index (χ0n) is 11.2. The fourth-order valence-corrected chi connectivity index (χ4v) is 1.74. The second-order valence-corrected chi connectivity index (χ2v) is 4.37. The number of carbonyl (C=O) groups excluding carboxylic acids is 1. The molecule has 0 radical (unpaired) electrons. The number of rotatable bonds is 5. The Kier molecular flexibility index (Phi) is 4.87. The Morgan fingerprint density at radius 3 is 2.52 bits per heavy atom. The predicted octanol–water partition coefficient (Wildman–Crippen LogP) is 2.14. The van der Waals surface area contributed by atoms with Crippen molar-refractivity contribution in [2.24, 2.45) is 0 Å². The van der Waals surface area contributed by atoms with E-state index in [0.717, 1.165) is 5.56 Å². The normalized spacial score (nSPS) is 9.90. The highest BCUT2D eigenvalue weighted by Crippen LogP contribution is 2.09. The van der Waals surface area contributed by atoms with Crippen LogP contribution in [0.2, 0.25) is 0 Å². The molecule has 0 atom stereocenters. The second kappa shape index (κ2) is 7.04. The first-order chi connectivity index (χ1) is 10.1. The van der Waals surface area contributed by atoms with Gasteiger partial charge in [-0.25, -0.2) is 9.59 Å². The molecule has 0 unspecified atom stereocenters. The second-order valence-electron chi connectivity index (χ2n) is 4.37. The topological polar surface area (TPSA) is 91.3 Å². The van der Waals surface area contributed by atoms with Crippen LogP contribution in [0.5, 0.6) is 0 Å². The smallest absolute Gasteiger partial charge is 0.335 e. The Hall–Kier alpha value is -2.89. The van der Waals surface area contributed by atoms with Gasteiger partial charge in [-0.1, -0.05) is 6.07 Å². The van der Waals surface area contributed by atoms with E-state index < -0.39 is 5.97 Å². The van der Waals surface area contributed by atoms with Gasteiger partial charge in [0.15, 0.2) is 0 Å². The van der Waals surface area contributed by atoms with Gasteiger partial charge in [-0.3, -0.25) is 4.98 Å². The minimum Gasteiger partial charge on any atom is -0.478 e. The van der Waals surface area contributed by atoms with E-state index in [1.165, 1.54) is 12.1 Å². The summed E-state index contributed by atoms with van der Waals surface area (Å²) in [5.74, 6) is -0.998. The van der Waals surface area contributed by atoms with Gasteiger partial charge < -0.3 is 15.7 Å². The number of pyridine rings is 1. The van der Waals surface area contributed by atoms with Gasteiger partial charge in [-0.2, -0.15) is 0 Å². The van der Waals surface area contributed by atoms with Crippen LogP contribution in [0.25, 0.3) is 0 Å². The summed E-state index contributed by atoms with van der Waals surface area (Å²) in [5, 5.41) is 14.1. The maximum atomic E-state index is 11.7. The van der Waals surface area contributed by atoms with Crippen molar-refractivity contribution in [3.8, 4) is 0 Å². The van der Waals surface area contributed by atoms with E-state index in [9.17, 15) is 9.59 Å². The molecule has 2 amide bonds. The molecule has 0 saturated heterocycles. The van der Waals surface area contributed by atoms with Gasteiger partial charge in [0.2, 0.25) is 0 Å². The summed E-state index contributed by atoms with van der Waals surface area (Å²) < 4.78 is 0. The Morgan fingerprint density at radius 2 is 1.90 bits per heavy atom. The lowest BCUT2D eigenvalue weighted by Gasteiger charge is -2.07. The van der Waals surface area contributed by atoms with E-state index in [-0.39, 0.29) is 11.6 Å². The molecule has 2 aromatic rings. The molecule has 0 saturated carbocycles. The molecule has 21 heavy (non-hydrogen) atoms. The molecule has 0 bridgehead atoms. The third-order valence-corrected chi connectivity index (χ3v) is 2.81. The molecule has 1 aromatic carbocycles. The van der Waals surface area contributed by atoms with Gasteiger partial charge in [0, 0.05) is 24.6 Å². The van der Waals surface area contributed by atoms with E-state index >= 15 is 0 Å². The fourth-order valence-electron chi connectivity index (χ4n) is 1.74.